The van der Waals surface area contributed by atoms with Crippen LogP contribution in [0.5, 0.6) is 0 Å². The third kappa shape index (κ3) is 4.48. The van der Waals surface area contributed by atoms with Crippen LogP contribution in [0.2, 0.25) is 0 Å². The molecule has 2 aromatic carbocycles. The summed E-state index contributed by atoms with van der Waals surface area (Å²) in [6.07, 6.45) is 2.24. The van der Waals surface area contributed by atoms with Crippen LogP contribution < -0.4 is 0 Å². The molecule has 0 aliphatic carbocycles. The van der Waals surface area contributed by atoms with E-state index in [-0.39, 0.29) is 10.9 Å². The first-order valence-corrected chi connectivity index (χ1v) is 9.98. The first-order chi connectivity index (χ1) is 13.5. The monoisotopic (exact) mass is 415 g/mol. The van der Waals surface area contributed by atoms with Gasteiger partial charge in [0.05, 0.1) is 11.5 Å². The summed E-state index contributed by atoms with van der Waals surface area (Å²) in [5.74, 6) is -1.33. The molecule has 0 spiro atoms. The lowest BCUT2D eigenvalue weighted by Crippen LogP contribution is -2.38. The number of amides is 1. The molecule has 0 N–H and O–H groups in total. The van der Waals surface area contributed by atoms with Gasteiger partial charge in [-0.25, -0.2) is 9.18 Å². The lowest BCUT2D eigenvalue weighted by Gasteiger charge is -2.25. The topological polar surface area (TPSA) is 46.6 Å². The van der Waals surface area contributed by atoms with E-state index < -0.39 is 23.7 Å². The molecule has 1 aliphatic heterocycles. The van der Waals surface area contributed by atoms with Gasteiger partial charge in [0.1, 0.15) is 10.1 Å². The fourth-order valence-electron chi connectivity index (χ4n) is 2.76. The van der Waals surface area contributed by atoms with Gasteiger partial charge in [-0.2, -0.15) is 0 Å². The minimum atomic E-state index is -0.960. The van der Waals surface area contributed by atoms with Gasteiger partial charge >= 0.3 is 5.97 Å². The highest BCUT2D eigenvalue weighted by Gasteiger charge is 2.42. The van der Waals surface area contributed by atoms with Crippen LogP contribution in [0.1, 0.15) is 30.5 Å². The predicted molar refractivity (Wildman–Crippen MR) is 112 cm³/mol. The number of esters is 1. The fraction of sp³-hybridized carbons (Fsp3) is 0.190. The van der Waals surface area contributed by atoms with Gasteiger partial charge in [0, 0.05) is 0 Å². The molecule has 0 aromatic heterocycles. The Kier molecular flexibility index (Phi) is 6.59. The normalized spacial score (nSPS) is 16.5. The maximum atomic E-state index is 13.4. The van der Waals surface area contributed by atoms with E-state index in [1.165, 1.54) is 17.0 Å². The van der Waals surface area contributed by atoms with Crippen LogP contribution in [0, 0.1) is 5.82 Å². The van der Waals surface area contributed by atoms with Crippen molar-refractivity contribution < 1.29 is 18.7 Å². The SMILES string of the molecule is CCCOC(=O)C(c1ccccc1)N1C(=O)/C(=C/c2cccc(F)c2)SC1=S. The lowest BCUT2D eigenvalue weighted by atomic mass is 10.1. The summed E-state index contributed by atoms with van der Waals surface area (Å²) in [6.45, 7) is 2.15. The zero-order valence-electron chi connectivity index (χ0n) is 15.1. The number of carbonyl (C=O) groups is 2. The molecule has 28 heavy (non-hydrogen) atoms. The van der Waals surface area contributed by atoms with E-state index in [4.69, 9.17) is 17.0 Å². The van der Waals surface area contributed by atoms with Gasteiger partial charge in [0.25, 0.3) is 5.91 Å². The van der Waals surface area contributed by atoms with Crippen molar-refractivity contribution in [3.63, 3.8) is 0 Å². The van der Waals surface area contributed by atoms with Crippen LogP contribution in [0.3, 0.4) is 0 Å². The van der Waals surface area contributed by atoms with Gasteiger partial charge in [0.2, 0.25) is 0 Å². The number of nitrogens with zero attached hydrogens (tertiary/aromatic N) is 1. The number of thioether (sulfide) groups is 1. The highest BCUT2D eigenvalue weighted by atomic mass is 32.2. The Labute approximate surface area is 172 Å². The molecule has 0 bridgehead atoms. The molecule has 1 saturated heterocycles. The van der Waals surface area contributed by atoms with Crippen molar-refractivity contribution in [3.8, 4) is 0 Å². The van der Waals surface area contributed by atoms with E-state index in [1.54, 1.807) is 42.5 Å². The zero-order valence-corrected chi connectivity index (χ0v) is 16.8. The molecule has 4 nitrogen and oxygen atoms in total. The molecule has 1 fully saturated rings. The summed E-state index contributed by atoms with van der Waals surface area (Å²) in [7, 11) is 0. The Morgan fingerprint density at radius 3 is 2.68 bits per heavy atom. The lowest BCUT2D eigenvalue weighted by molar-refractivity contribution is -0.151. The van der Waals surface area contributed by atoms with Crippen LogP contribution >= 0.6 is 24.0 Å². The van der Waals surface area contributed by atoms with E-state index in [2.05, 4.69) is 0 Å². The second-order valence-corrected chi connectivity index (χ2v) is 7.76. The Balaban J connectivity index is 1.95. The van der Waals surface area contributed by atoms with Crippen molar-refractivity contribution in [1.29, 1.82) is 0 Å². The van der Waals surface area contributed by atoms with Gasteiger partial charge < -0.3 is 4.74 Å². The first kappa shape index (κ1) is 20.2. The standard InChI is InChI=1S/C21H18FNO3S2/c1-2-11-26-20(25)18(15-8-4-3-5-9-15)23-19(24)17(28-21(23)27)13-14-7-6-10-16(22)12-14/h3-10,12-13,18H,2,11H2,1H3/b17-13-. The van der Waals surface area contributed by atoms with Gasteiger partial charge in [0.15, 0.2) is 6.04 Å². The average molecular weight is 416 g/mol. The van der Waals surface area contributed by atoms with E-state index >= 15 is 0 Å². The molecule has 144 valence electrons. The molecule has 0 radical (unpaired) electrons. The van der Waals surface area contributed by atoms with Crippen molar-refractivity contribution in [3.05, 3.63) is 76.4 Å². The van der Waals surface area contributed by atoms with Gasteiger partial charge in [-0.3, -0.25) is 9.69 Å². The molecule has 1 heterocycles. The van der Waals surface area contributed by atoms with Gasteiger partial charge in [-0.1, -0.05) is 73.4 Å². The molecule has 3 rings (SSSR count). The van der Waals surface area contributed by atoms with Crippen molar-refractivity contribution in [2.45, 2.75) is 19.4 Å². The van der Waals surface area contributed by atoms with Crippen LogP contribution in [-0.4, -0.2) is 27.7 Å². The van der Waals surface area contributed by atoms with Crippen LogP contribution in [0.4, 0.5) is 4.39 Å². The minimum Gasteiger partial charge on any atom is -0.464 e. The van der Waals surface area contributed by atoms with Crippen LogP contribution in [0.25, 0.3) is 6.08 Å². The number of hydrogen-bond acceptors (Lipinski definition) is 5. The molecule has 1 atom stereocenters. The molecule has 1 unspecified atom stereocenters. The molecule has 1 amide bonds. The van der Waals surface area contributed by atoms with Crippen molar-refractivity contribution in [1.82, 2.24) is 4.90 Å². The largest absolute Gasteiger partial charge is 0.464 e. The first-order valence-electron chi connectivity index (χ1n) is 8.75. The van der Waals surface area contributed by atoms with E-state index in [1.807, 2.05) is 13.0 Å². The third-order valence-corrected chi connectivity index (χ3v) is 5.35. The summed E-state index contributed by atoms with van der Waals surface area (Å²) in [5, 5.41) is 0. The highest BCUT2D eigenvalue weighted by Crippen LogP contribution is 2.38. The van der Waals surface area contributed by atoms with Crippen molar-refractivity contribution in [2.24, 2.45) is 0 Å². The second kappa shape index (κ2) is 9.12. The average Bonchev–Trinajstić information content (AvgIpc) is 2.95. The van der Waals surface area contributed by atoms with Crippen LogP contribution in [-0.2, 0) is 14.3 Å². The van der Waals surface area contributed by atoms with E-state index in [9.17, 15) is 14.0 Å². The van der Waals surface area contributed by atoms with Crippen LogP contribution in [0.15, 0.2) is 59.5 Å². The second-order valence-electron chi connectivity index (χ2n) is 6.09. The Bertz CT molecular complexity index is 930. The molecule has 1 aliphatic rings. The summed E-state index contributed by atoms with van der Waals surface area (Å²) in [6, 6.07) is 13.9. The number of rotatable bonds is 6. The number of carbonyl (C=O) groups excluding carboxylic acids is 2. The number of hydrogen-bond donors (Lipinski definition) is 0. The van der Waals surface area contributed by atoms with E-state index in [0.717, 1.165) is 11.8 Å². The maximum absolute atomic E-state index is 13.4. The predicted octanol–water partition coefficient (Wildman–Crippen LogP) is 4.72. The van der Waals surface area contributed by atoms with E-state index in [0.29, 0.717) is 22.5 Å². The van der Waals surface area contributed by atoms with Gasteiger partial charge in [-0.05, 0) is 35.8 Å². The highest BCUT2D eigenvalue weighted by molar-refractivity contribution is 8.26. The Hall–Kier alpha value is -2.51. The zero-order chi connectivity index (χ0) is 20.1. The molecular weight excluding hydrogens is 397 g/mol. The molecule has 7 heteroatoms. The maximum Gasteiger partial charge on any atom is 0.333 e. The molecule has 2 aromatic rings. The number of ether oxygens (including phenoxy) is 1. The Morgan fingerprint density at radius 1 is 1.25 bits per heavy atom. The summed E-state index contributed by atoms with van der Waals surface area (Å²) in [5.41, 5.74) is 1.16. The number of benzene rings is 2. The molecular formula is C21H18FNO3S2. The van der Waals surface area contributed by atoms with Gasteiger partial charge in [-0.15, -0.1) is 0 Å². The summed E-state index contributed by atoms with van der Waals surface area (Å²) >= 11 is 6.48. The summed E-state index contributed by atoms with van der Waals surface area (Å²) in [4.78, 5) is 27.4. The number of halogens is 1. The quantitative estimate of drug-likeness (QED) is 0.388. The van der Waals surface area contributed by atoms with Crippen molar-refractivity contribution in [2.75, 3.05) is 6.61 Å². The molecule has 0 saturated carbocycles. The number of thiocarbonyl (C=S) groups is 1. The fourth-order valence-corrected chi connectivity index (χ4v) is 4.07. The smallest absolute Gasteiger partial charge is 0.333 e. The Morgan fingerprint density at radius 2 is 2.00 bits per heavy atom. The van der Waals surface area contributed by atoms with Crippen molar-refractivity contribution >= 4 is 46.3 Å². The minimum absolute atomic E-state index is 0.259. The summed E-state index contributed by atoms with van der Waals surface area (Å²) < 4.78 is 19.0. The third-order valence-electron chi connectivity index (χ3n) is 4.02.